The van der Waals surface area contributed by atoms with Crippen molar-refractivity contribution in [3.63, 3.8) is 0 Å². The van der Waals surface area contributed by atoms with Gasteiger partial charge in [-0.2, -0.15) is 0 Å². The van der Waals surface area contributed by atoms with Gasteiger partial charge in [0.05, 0.1) is 0 Å². The van der Waals surface area contributed by atoms with Crippen LogP contribution >= 0.6 is 0 Å². The van der Waals surface area contributed by atoms with E-state index in [4.69, 9.17) is 5.73 Å². The molecule has 2 saturated carbocycles. The maximum absolute atomic E-state index is 14.1. The van der Waals surface area contributed by atoms with Crippen LogP contribution in [0.1, 0.15) is 80.5 Å². The van der Waals surface area contributed by atoms with Crippen LogP contribution in [0.4, 0.5) is 8.78 Å². The first kappa shape index (κ1) is 34.0. The topological polar surface area (TPSA) is 50.1 Å². The first-order valence-corrected chi connectivity index (χ1v) is 17.1. The smallest absolute Gasteiger partial charge is 0.126 e. The van der Waals surface area contributed by atoms with E-state index in [9.17, 15) is 8.78 Å². The molecule has 0 bridgehead atoms. The van der Waals surface area contributed by atoms with Crippen molar-refractivity contribution in [1.82, 2.24) is 10.6 Å². The zero-order valence-corrected chi connectivity index (χ0v) is 27.4. The average molecular weight is 624 g/mol. The third kappa shape index (κ3) is 9.81. The first-order chi connectivity index (χ1) is 22.3. The minimum absolute atomic E-state index is 0.00962. The molecule has 0 radical (unpaired) electrons. The standard InChI is InChI=1S/C21H26FN.C20H25FN2/c1-17-8-7-13-21(14-17,15-19-11-5-6-12-20(19)22)23-16-18-9-3-2-4-10-18;21-19-11-5-4-9-17(19)13-20(12-6-10-18(22)14-20)23-15-16-7-2-1-3-8-16/h2-6,9-12,17,23H,7-8,13-16H2,1H3;1-5,7-9,11,18,23H,6,10,12-15,22H2/t17-,21+;18-,20-/m11/s1. The Balaban J connectivity index is 0.000000181. The maximum Gasteiger partial charge on any atom is 0.126 e. The Labute approximate surface area is 275 Å². The fourth-order valence-corrected chi connectivity index (χ4v) is 7.62. The van der Waals surface area contributed by atoms with Gasteiger partial charge in [-0.1, -0.05) is 123 Å². The summed E-state index contributed by atoms with van der Waals surface area (Å²) >= 11 is 0. The quantitative estimate of drug-likeness (QED) is 0.165. The van der Waals surface area contributed by atoms with Crippen molar-refractivity contribution in [3.05, 3.63) is 143 Å². The molecule has 2 aliphatic rings. The van der Waals surface area contributed by atoms with Gasteiger partial charge >= 0.3 is 0 Å². The average Bonchev–Trinajstić information content (AvgIpc) is 3.07. The molecule has 0 saturated heterocycles. The highest BCUT2D eigenvalue weighted by Crippen LogP contribution is 2.36. The predicted octanol–water partition coefficient (Wildman–Crippen LogP) is 8.91. The van der Waals surface area contributed by atoms with Crippen molar-refractivity contribution in [2.45, 2.75) is 101 Å². The monoisotopic (exact) mass is 623 g/mol. The van der Waals surface area contributed by atoms with Crippen molar-refractivity contribution >= 4 is 0 Å². The minimum atomic E-state index is -0.118. The van der Waals surface area contributed by atoms with E-state index in [2.05, 4.69) is 54.0 Å². The molecule has 2 aliphatic carbocycles. The van der Waals surface area contributed by atoms with Crippen LogP contribution in [0.15, 0.2) is 109 Å². The van der Waals surface area contributed by atoms with Gasteiger partial charge in [-0.25, -0.2) is 8.78 Å². The van der Waals surface area contributed by atoms with Crippen LogP contribution < -0.4 is 16.4 Å². The molecule has 0 spiro atoms. The highest BCUT2D eigenvalue weighted by Gasteiger charge is 2.36. The summed E-state index contributed by atoms with van der Waals surface area (Å²) in [4.78, 5) is 0. The Morgan fingerprint density at radius 1 is 0.609 bits per heavy atom. The highest BCUT2D eigenvalue weighted by atomic mass is 19.1. The lowest BCUT2D eigenvalue weighted by Crippen LogP contribution is -2.53. The van der Waals surface area contributed by atoms with E-state index in [0.29, 0.717) is 12.3 Å². The van der Waals surface area contributed by atoms with Gasteiger partial charge in [0.1, 0.15) is 11.6 Å². The van der Waals surface area contributed by atoms with Gasteiger partial charge in [0.25, 0.3) is 0 Å². The minimum Gasteiger partial charge on any atom is -0.328 e. The molecule has 6 rings (SSSR count). The van der Waals surface area contributed by atoms with Crippen LogP contribution in [-0.2, 0) is 25.9 Å². The van der Waals surface area contributed by atoms with E-state index in [-0.39, 0.29) is 28.8 Å². The van der Waals surface area contributed by atoms with Crippen molar-refractivity contribution < 1.29 is 8.78 Å². The van der Waals surface area contributed by atoms with Crippen molar-refractivity contribution in [3.8, 4) is 0 Å². The Morgan fingerprint density at radius 3 is 1.50 bits per heavy atom. The number of benzene rings is 4. The van der Waals surface area contributed by atoms with Gasteiger partial charge in [0, 0.05) is 30.2 Å². The molecule has 244 valence electrons. The second-order valence-corrected chi connectivity index (χ2v) is 13.8. The van der Waals surface area contributed by atoms with Crippen LogP contribution in [0.2, 0.25) is 0 Å². The number of rotatable bonds is 10. The van der Waals surface area contributed by atoms with Crippen LogP contribution in [0.3, 0.4) is 0 Å². The SMILES string of the molecule is C[C@@H]1CCC[C@](Cc2ccccc2F)(NCc2ccccc2)C1.N[C@@H]1CCC[C@](Cc2ccccc2F)(NCc2ccccc2)C1. The lowest BCUT2D eigenvalue weighted by Gasteiger charge is -2.41. The Bertz CT molecular complexity index is 1370. The van der Waals surface area contributed by atoms with E-state index < -0.39 is 0 Å². The van der Waals surface area contributed by atoms with Crippen molar-refractivity contribution in [2.24, 2.45) is 11.7 Å². The summed E-state index contributed by atoms with van der Waals surface area (Å²) in [5.74, 6) is 0.498. The zero-order chi connectivity index (χ0) is 32.2. The van der Waals surface area contributed by atoms with Crippen molar-refractivity contribution in [2.75, 3.05) is 0 Å². The normalized spacial score (nSPS) is 24.5. The van der Waals surface area contributed by atoms with E-state index in [1.165, 1.54) is 24.0 Å². The molecule has 0 amide bonds. The van der Waals surface area contributed by atoms with Crippen LogP contribution in [0.5, 0.6) is 0 Å². The van der Waals surface area contributed by atoms with Gasteiger partial charge < -0.3 is 16.4 Å². The third-order valence-electron chi connectivity index (χ3n) is 9.97. The molecule has 4 N–H and O–H groups in total. The fourth-order valence-electron chi connectivity index (χ4n) is 7.62. The van der Waals surface area contributed by atoms with E-state index in [1.54, 1.807) is 24.3 Å². The lowest BCUT2D eigenvalue weighted by atomic mass is 9.73. The number of hydrogen-bond acceptors (Lipinski definition) is 3. The molecule has 46 heavy (non-hydrogen) atoms. The van der Waals surface area contributed by atoms with Gasteiger partial charge in [0.15, 0.2) is 0 Å². The molecule has 4 atom stereocenters. The molecular weight excluding hydrogens is 572 g/mol. The molecule has 0 aliphatic heterocycles. The predicted molar refractivity (Wildman–Crippen MR) is 186 cm³/mol. The Kier molecular flexibility index (Phi) is 12.1. The summed E-state index contributed by atoms with van der Waals surface area (Å²) < 4.78 is 28.3. The fraction of sp³-hybridized carbons (Fsp3) is 0.415. The summed E-state index contributed by atoms with van der Waals surface area (Å²) in [5.41, 5.74) is 10.3. The molecule has 3 nitrogen and oxygen atoms in total. The summed E-state index contributed by atoms with van der Waals surface area (Å²) in [7, 11) is 0. The van der Waals surface area contributed by atoms with Crippen LogP contribution in [-0.4, -0.2) is 17.1 Å². The van der Waals surface area contributed by atoms with Gasteiger partial charge in [0.2, 0.25) is 0 Å². The number of hydrogen-bond donors (Lipinski definition) is 3. The maximum atomic E-state index is 14.1. The van der Waals surface area contributed by atoms with E-state index in [0.717, 1.165) is 69.2 Å². The summed E-state index contributed by atoms with van der Waals surface area (Å²) in [6.45, 7) is 3.96. The summed E-state index contributed by atoms with van der Waals surface area (Å²) in [6, 6.07) is 35.3. The zero-order valence-electron chi connectivity index (χ0n) is 27.4. The summed E-state index contributed by atoms with van der Waals surface area (Å²) in [6.07, 6.45) is 10.3. The molecule has 0 unspecified atom stereocenters. The number of halogens is 2. The van der Waals surface area contributed by atoms with Gasteiger partial charge in [-0.05, 0) is 85.3 Å². The van der Waals surface area contributed by atoms with Gasteiger partial charge in [-0.15, -0.1) is 0 Å². The molecular formula is C41H51F2N3. The van der Waals surface area contributed by atoms with Crippen LogP contribution in [0, 0.1) is 17.6 Å². The third-order valence-corrected chi connectivity index (χ3v) is 9.97. The Hall–Kier alpha value is -3.38. The largest absolute Gasteiger partial charge is 0.328 e. The number of nitrogens with two attached hydrogens (primary N) is 1. The van der Waals surface area contributed by atoms with Crippen molar-refractivity contribution in [1.29, 1.82) is 0 Å². The van der Waals surface area contributed by atoms with Crippen LogP contribution in [0.25, 0.3) is 0 Å². The Morgan fingerprint density at radius 2 is 1.04 bits per heavy atom. The molecule has 4 aromatic carbocycles. The molecule has 4 aromatic rings. The second kappa shape index (κ2) is 16.4. The molecule has 5 heteroatoms. The lowest BCUT2D eigenvalue weighted by molar-refractivity contribution is 0.182. The molecule has 0 heterocycles. The van der Waals surface area contributed by atoms with E-state index >= 15 is 0 Å². The molecule has 0 aromatic heterocycles. The van der Waals surface area contributed by atoms with Gasteiger partial charge in [-0.3, -0.25) is 0 Å². The van der Waals surface area contributed by atoms with E-state index in [1.807, 2.05) is 48.5 Å². The highest BCUT2D eigenvalue weighted by molar-refractivity contribution is 5.23. The second-order valence-electron chi connectivity index (χ2n) is 13.8. The number of nitrogens with one attached hydrogen (secondary N) is 2. The summed E-state index contributed by atoms with van der Waals surface area (Å²) in [5, 5.41) is 7.50. The first-order valence-electron chi connectivity index (χ1n) is 17.1. The molecule has 2 fully saturated rings.